The Labute approximate surface area is 121 Å². The molecule has 1 saturated heterocycles. The molecule has 0 saturated carbocycles. The number of nitrogens with one attached hydrogen (secondary N) is 2. The van der Waals surface area contributed by atoms with Crippen LogP contribution < -0.4 is 10.6 Å². The second-order valence-electron chi connectivity index (χ2n) is 4.96. The van der Waals surface area contributed by atoms with Crippen LogP contribution in [0.4, 0.5) is 0 Å². The van der Waals surface area contributed by atoms with Gasteiger partial charge in [0.1, 0.15) is 11.5 Å². The second-order valence-corrected chi connectivity index (χ2v) is 5.82. The van der Waals surface area contributed by atoms with Gasteiger partial charge in [-0.05, 0) is 38.4 Å². The number of rotatable bonds is 3. The Hall–Kier alpha value is -1.66. The van der Waals surface area contributed by atoms with Crippen molar-refractivity contribution in [1.29, 1.82) is 0 Å². The third-order valence-corrected chi connectivity index (χ3v) is 4.18. The lowest BCUT2D eigenvalue weighted by Crippen LogP contribution is -2.45. The van der Waals surface area contributed by atoms with Crippen LogP contribution >= 0.6 is 11.3 Å². The van der Waals surface area contributed by atoms with Crippen molar-refractivity contribution in [3.05, 3.63) is 29.0 Å². The van der Waals surface area contributed by atoms with Crippen molar-refractivity contribution < 1.29 is 9.21 Å². The Balaban J connectivity index is 1.68. The zero-order valence-corrected chi connectivity index (χ0v) is 12.1. The number of hydrogen-bond donors (Lipinski definition) is 2. The van der Waals surface area contributed by atoms with Gasteiger partial charge in [0, 0.05) is 18.0 Å². The van der Waals surface area contributed by atoms with E-state index in [-0.39, 0.29) is 11.9 Å². The standard InChI is InChI=1S/C14H17N3O2S/c1-9-4-5-12(19-9)14-17-11(8-20-14)13(18)16-10-3-2-6-15-7-10/h4-5,8,10,15H,2-3,6-7H2,1H3,(H,16,18)/t10-/m0/s1. The van der Waals surface area contributed by atoms with Gasteiger partial charge >= 0.3 is 0 Å². The van der Waals surface area contributed by atoms with E-state index in [4.69, 9.17) is 4.42 Å². The molecule has 3 heterocycles. The Morgan fingerprint density at radius 1 is 1.55 bits per heavy atom. The molecular weight excluding hydrogens is 274 g/mol. The SMILES string of the molecule is Cc1ccc(-c2nc(C(=O)N[C@H]3CCCNC3)cs2)o1. The number of amides is 1. The average Bonchev–Trinajstić information content (AvgIpc) is 3.08. The summed E-state index contributed by atoms with van der Waals surface area (Å²) in [5.74, 6) is 1.45. The monoisotopic (exact) mass is 291 g/mol. The zero-order valence-electron chi connectivity index (χ0n) is 11.3. The molecule has 20 heavy (non-hydrogen) atoms. The van der Waals surface area contributed by atoms with Crippen LogP contribution in [0.2, 0.25) is 0 Å². The quantitative estimate of drug-likeness (QED) is 0.909. The number of hydrogen-bond acceptors (Lipinski definition) is 5. The zero-order chi connectivity index (χ0) is 13.9. The van der Waals surface area contributed by atoms with E-state index < -0.39 is 0 Å². The molecule has 0 spiro atoms. The molecular formula is C14H17N3O2S. The van der Waals surface area contributed by atoms with Crippen LogP contribution in [0.25, 0.3) is 10.8 Å². The molecule has 0 radical (unpaired) electrons. The van der Waals surface area contributed by atoms with E-state index >= 15 is 0 Å². The lowest BCUT2D eigenvalue weighted by molar-refractivity contribution is 0.0926. The van der Waals surface area contributed by atoms with Gasteiger partial charge in [-0.3, -0.25) is 4.79 Å². The van der Waals surface area contributed by atoms with E-state index in [1.54, 1.807) is 5.38 Å². The molecule has 5 nitrogen and oxygen atoms in total. The Kier molecular flexibility index (Phi) is 3.84. The minimum absolute atomic E-state index is 0.107. The fourth-order valence-corrected chi connectivity index (χ4v) is 3.03. The molecule has 3 rings (SSSR count). The van der Waals surface area contributed by atoms with E-state index in [1.165, 1.54) is 11.3 Å². The molecule has 0 aliphatic carbocycles. The summed E-state index contributed by atoms with van der Waals surface area (Å²) >= 11 is 1.43. The third kappa shape index (κ3) is 2.91. The molecule has 2 N–H and O–H groups in total. The highest BCUT2D eigenvalue weighted by molar-refractivity contribution is 7.13. The Bertz CT molecular complexity index is 599. The van der Waals surface area contributed by atoms with E-state index in [1.807, 2.05) is 19.1 Å². The smallest absolute Gasteiger partial charge is 0.271 e. The van der Waals surface area contributed by atoms with Crippen molar-refractivity contribution in [3.63, 3.8) is 0 Å². The number of carbonyl (C=O) groups excluding carboxylic acids is 1. The maximum absolute atomic E-state index is 12.1. The first-order valence-electron chi connectivity index (χ1n) is 6.76. The summed E-state index contributed by atoms with van der Waals surface area (Å²) in [7, 11) is 0. The highest BCUT2D eigenvalue weighted by atomic mass is 32.1. The number of furan rings is 1. The van der Waals surface area contributed by atoms with Crippen LogP contribution in [-0.2, 0) is 0 Å². The maximum Gasteiger partial charge on any atom is 0.271 e. The number of carbonyl (C=O) groups is 1. The van der Waals surface area contributed by atoms with E-state index in [0.717, 1.165) is 36.7 Å². The minimum atomic E-state index is -0.107. The number of aryl methyl sites for hydroxylation is 1. The lowest BCUT2D eigenvalue weighted by atomic mass is 10.1. The molecule has 1 atom stereocenters. The van der Waals surface area contributed by atoms with Crippen LogP contribution in [0, 0.1) is 6.92 Å². The van der Waals surface area contributed by atoms with Crippen LogP contribution in [0.5, 0.6) is 0 Å². The van der Waals surface area contributed by atoms with Crippen LogP contribution in [0.3, 0.4) is 0 Å². The van der Waals surface area contributed by atoms with Gasteiger partial charge in [-0.25, -0.2) is 4.98 Å². The molecule has 1 aliphatic heterocycles. The molecule has 0 unspecified atom stereocenters. The molecule has 106 valence electrons. The number of thiazole rings is 1. The van der Waals surface area contributed by atoms with Gasteiger partial charge in [0.15, 0.2) is 10.8 Å². The molecule has 2 aromatic rings. The number of piperidine rings is 1. The lowest BCUT2D eigenvalue weighted by Gasteiger charge is -2.23. The van der Waals surface area contributed by atoms with E-state index in [2.05, 4.69) is 15.6 Å². The van der Waals surface area contributed by atoms with Gasteiger partial charge in [-0.15, -0.1) is 11.3 Å². The number of aromatic nitrogens is 1. The van der Waals surface area contributed by atoms with E-state index in [0.29, 0.717) is 11.5 Å². The van der Waals surface area contributed by atoms with Gasteiger partial charge in [0.2, 0.25) is 0 Å². The van der Waals surface area contributed by atoms with Crippen LogP contribution in [0.1, 0.15) is 29.1 Å². The summed E-state index contributed by atoms with van der Waals surface area (Å²) in [5.41, 5.74) is 0.463. The summed E-state index contributed by atoms with van der Waals surface area (Å²) in [5, 5.41) is 8.81. The Morgan fingerprint density at radius 3 is 3.15 bits per heavy atom. The van der Waals surface area contributed by atoms with Crippen molar-refractivity contribution in [2.45, 2.75) is 25.8 Å². The van der Waals surface area contributed by atoms with Crippen LogP contribution in [-0.4, -0.2) is 30.0 Å². The summed E-state index contributed by atoms with van der Waals surface area (Å²) in [4.78, 5) is 16.5. The fraction of sp³-hybridized carbons (Fsp3) is 0.429. The normalized spacial score (nSPS) is 18.9. The minimum Gasteiger partial charge on any atom is -0.459 e. The van der Waals surface area contributed by atoms with Gasteiger partial charge in [0.05, 0.1) is 0 Å². The topological polar surface area (TPSA) is 67.2 Å². The van der Waals surface area contributed by atoms with Gasteiger partial charge in [-0.1, -0.05) is 0 Å². The molecule has 1 fully saturated rings. The summed E-state index contributed by atoms with van der Waals surface area (Å²) in [6.45, 7) is 3.76. The first kappa shape index (κ1) is 13.3. The van der Waals surface area contributed by atoms with Crippen LogP contribution in [0.15, 0.2) is 21.9 Å². The van der Waals surface area contributed by atoms with Crippen molar-refractivity contribution in [2.75, 3.05) is 13.1 Å². The summed E-state index contributed by atoms with van der Waals surface area (Å²) in [6, 6.07) is 3.97. The summed E-state index contributed by atoms with van der Waals surface area (Å²) in [6.07, 6.45) is 2.12. The Morgan fingerprint density at radius 2 is 2.45 bits per heavy atom. The second kappa shape index (κ2) is 5.76. The van der Waals surface area contributed by atoms with Crippen molar-refractivity contribution >= 4 is 17.2 Å². The van der Waals surface area contributed by atoms with Gasteiger partial charge in [0.25, 0.3) is 5.91 Å². The van der Waals surface area contributed by atoms with Crippen molar-refractivity contribution in [1.82, 2.24) is 15.6 Å². The highest BCUT2D eigenvalue weighted by Crippen LogP contribution is 2.25. The molecule has 6 heteroatoms. The molecule has 0 bridgehead atoms. The fourth-order valence-electron chi connectivity index (χ4n) is 2.28. The molecule has 1 amide bonds. The third-order valence-electron chi connectivity index (χ3n) is 3.32. The number of nitrogens with zero attached hydrogens (tertiary/aromatic N) is 1. The predicted molar refractivity (Wildman–Crippen MR) is 77.9 cm³/mol. The van der Waals surface area contributed by atoms with Crippen molar-refractivity contribution in [2.24, 2.45) is 0 Å². The first-order chi connectivity index (χ1) is 9.72. The van der Waals surface area contributed by atoms with Crippen molar-refractivity contribution in [3.8, 4) is 10.8 Å². The maximum atomic E-state index is 12.1. The molecule has 0 aromatic carbocycles. The van der Waals surface area contributed by atoms with E-state index in [9.17, 15) is 4.79 Å². The summed E-state index contributed by atoms with van der Waals surface area (Å²) < 4.78 is 5.52. The predicted octanol–water partition coefficient (Wildman–Crippen LogP) is 2.19. The molecule has 1 aliphatic rings. The highest BCUT2D eigenvalue weighted by Gasteiger charge is 2.19. The van der Waals surface area contributed by atoms with Gasteiger partial charge < -0.3 is 15.1 Å². The largest absolute Gasteiger partial charge is 0.459 e. The average molecular weight is 291 g/mol. The first-order valence-corrected chi connectivity index (χ1v) is 7.64. The molecule has 2 aromatic heterocycles. The van der Waals surface area contributed by atoms with Gasteiger partial charge in [-0.2, -0.15) is 0 Å².